The molecule has 0 aromatic rings. The van der Waals surface area contributed by atoms with Crippen molar-refractivity contribution < 1.29 is 5.11 Å². The number of nitrogens with one attached hydrogen (secondary N) is 1. The molecule has 1 fully saturated rings. The van der Waals surface area contributed by atoms with E-state index in [2.05, 4.69) is 33.0 Å². The molecule has 0 bridgehead atoms. The van der Waals surface area contributed by atoms with E-state index in [0.29, 0.717) is 17.8 Å². The Morgan fingerprint density at radius 3 is 2.67 bits per heavy atom. The first-order valence-corrected chi connectivity index (χ1v) is 6.39. The summed E-state index contributed by atoms with van der Waals surface area (Å²) in [4.78, 5) is 0. The van der Waals surface area contributed by atoms with Crippen molar-refractivity contribution in [2.45, 2.75) is 52.6 Å². The molecule has 2 heteroatoms. The van der Waals surface area contributed by atoms with Crippen molar-refractivity contribution in [1.29, 1.82) is 0 Å². The average molecular weight is 213 g/mol. The highest BCUT2D eigenvalue weighted by atomic mass is 16.3. The van der Waals surface area contributed by atoms with Crippen LogP contribution in [0.15, 0.2) is 0 Å². The van der Waals surface area contributed by atoms with Crippen LogP contribution in [0.3, 0.4) is 0 Å². The van der Waals surface area contributed by atoms with Crippen molar-refractivity contribution in [2.24, 2.45) is 17.8 Å². The molecule has 0 spiro atoms. The molecule has 3 atom stereocenters. The Balaban J connectivity index is 2.42. The van der Waals surface area contributed by atoms with Gasteiger partial charge in [0.2, 0.25) is 0 Å². The molecule has 2 N–H and O–H groups in total. The maximum absolute atomic E-state index is 10.6. The second kappa shape index (κ2) is 5.31. The zero-order valence-electron chi connectivity index (χ0n) is 10.7. The van der Waals surface area contributed by atoms with E-state index in [0.717, 1.165) is 19.5 Å². The minimum atomic E-state index is -0.466. The Hall–Kier alpha value is -0.0800. The van der Waals surface area contributed by atoms with Gasteiger partial charge in [-0.25, -0.2) is 0 Å². The van der Waals surface area contributed by atoms with Gasteiger partial charge in [0, 0.05) is 6.54 Å². The Kier molecular flexibility index (Phi) is 4.60. The Morgan fingerprint density at radius 1 is 1.40 bits per heavy atom. The van der Waals surface area contributed by atoms with Gasteiger partial charge in [0.25, 0.3) is 0 Å². The van der Waals surface area contributed by atoms with Gasteiger partial charge in [-0.2, -0.15) is 0 Å². The first-order chi connectivity index (χ1) is 6.96. The van der Waals surface area contributed by atoms with Crippen LogP contribution in [0.4, 0.5) is 0 Å². The van der Waals surface area contributed by atoms with E-state index in [1.165, 1.54) is 12.8 Å². The van der Waals surface area contributed by atoms with Gasteiger partial charge in [-0.1, -0.05) is 40.5 Å². The zero-order chi connectivity index (χ0) is 11.5. The summed E-state index contributed by atoms with van der Waals surface area (Å²) < 4.78 is 0. The van der Waals surface area contributed by atoms with Crippen molar-refractivity contribution in [2.75, 3.05) is 13.1 Å². The standard InChI is InChI=1S/C13H27NO/c1-10(2)8-14-9-13(15)7-5-6-11(3)12(13)4/h10-12,14-15H,5-9H2,1-4H3. The lowest BCUT2D eigenvalue weighted by Gasteiger charge is -2.42. The van der Waals surface area contributed by atoms with Gasteiger partial charge < -0.3 is 10.4 Å². The first-order valence-electron chi connectivity index (χ1n) is 6.39. The van der Waals surface area contributed by atoms with E-state index < -0.39 is 5.60 Å². The summed E-state index contributed by atoms with van der Waals surface area (Å²) in [5.41, 5.74) is -0.466. The van der Waals surface area contributed by atoms with Crippen LogP contribution in [0, 0.1) is 17.8 Å². The molecule has 1 aliphatic rings. The largest absolute Gasteiger partial charge is 0.388 e. The SMILES string of the molecule is CC(C)CNCC1(O)CCCC(C)C1C. The monoisotopic (exact) mass is 213 g/mol. The smallest absolute Gasteiger partial charge is 0.0799 e. The molecule has 0 saturated heterocycles. The molecule has 1 rings (SSSR count). The van der Waals surface area contributed by atoms with Crippen LogP contribution in [-0.2, 0) is 0 Å². The maximum Gasteiger partial charge on any atom is 0.0799 e. The van der Waals surface area contributed by atoms with E-state index in [1.54, 1.807) is 0 Å². The molecule has 90 valence electrons. The maximum atomic E-state index is 10.6. The number of rotatable bonds is 4. The molecule has 0 amide bonds. The van der Waals surface area contributed by atoms with E-state index in [4.69, 9.17) is 0 Å². The third-order valence-electron chi connectivity index (χ3n) is 3.95. The number of hydrogen-bond donors (Lipinski definition) is 2. The summed E-state index contributed by atoms with van der Waals surface area (Å²) >= 11 is 0. The van der Waals surface area contributed by atoms with Crippen LogP contribution in [0.2, 0.25) is 0 Å². The van der Waals surface area contributed by atoms with Crippen LogP contribution < -0.4 is 5.32 Å². The first kappa shape index (κ1) is 13.0. The van der Waals surface area contributed by atoms with Crippen LogP contribution in [0.1, 0.15) is 47.0 Å². The lowest BCUT2D eigenvalue weighted by atomic mass is 9.70. The van der Waals surface area contributed by atoms with Crippen LogP contribution in [0.5, 0.6) is 0 Å². The summed E-state index contributed by atoms with van der Waals surface area (Å²) in [6.45, 7) is 10.6. The molecular formula is C13H27NO. The minimum absolute atomic E-state index is 0.422. The second-order valence-corrected chi connectivity index (χ2v) is 5.79. The van der Waals surface area contributed by atoms with E-state index in [1.807, 2.05) is 0 Å². The molecule has 1 aliphatic carbocycles. The van der Waals surface area contributed by atoms with Crippen LogP contribution >= 0.6 is 0 Å². The quantitative estimate of drug-likeness (QED) is 0.751. The Morgan fingerprint density at radius 2 is 2.07 bits per heavy atom. The highest BCUT2D eigenvalue weighted by molar-refractivity contribution is 4.92. The summed E-state index contributed by atoms with van der Waals surface area (Å²) in [6, 6.07) is 0. The van der Waals surface area contributed by atoms with E-state index in [-0.39, 0.29) is 0 Å². The fraction of sp³-hybridized carbons (Fsp3) is 1.00. The third-order valence-corrected chi connectivity index (χ3v) is 3.95. The summed E-state index contributed by atoms with van der Waals surface area (Å²) in [6.07, 6.45) is 3.41. The molecular weight excluding hydrogens is 186 g/mol. The summed E-state index contributed by atoms with van der Waals surface area (Å²) in [5, 5.41) is 14.0. The Labute approximate surface area is 94.5 Å². The van der Waals surface area contributed by atoms with E-state index in [9.17, 15) is 5.11 Å². The van der Waals surface area contributed by atoms with Crippen molar-refractivity contribution in [3.8, 4) is 0 Å². The van der Waals surface area contributed by atoms with Crippen molar-refractivity contribution in [1.82, 2.24) is 5.32 Å². The van der Waals surface area contributed by atoms with Gasteiger partial charge in [0.1, 0.15) is 0 Å². The van der Waals surface area contributed by atoms with Crippen LogP contribution in [-0.4, -0.2) is 23.8 Å². The van der Waals surface area contributed by atoms with Crippen molar-refractivity contribution >= 4 is 0 Å². The van der Waals surface area contributed by atoms with Gasteiger partial charge >= 0.3 is 0 Å². The molecule has 1 saturated carbocycles. The van der Waals surface area contributed by atoms with Gasteiger partial charge in [0.15, 0.2) is 0 Å². The molecule has 15 heavy (non-hydrogen) atoms. The summed E-state index contributed by atoms with van der Waals surface area (Å²) in [7, 11) is 0. The fourth-order valence-electron chi connectivity index (χ4n) is 2.56. The zero-order valence-corrected chi connectivity index (χ0v) is 10.7. The average Bonchev–Trinajstić information content (AvgIpc) is 2.14. The molecule has 0 aliphatic heterocycles. The normalized spacial score (nSPS) is 37.2. The molecule has 2 nitrogen and oxygen atoms in total. The lowest BCUT2D eigenvalue weighted by molar-refractivity contribution is -0.0609. The van der Waals surface area contributed by atoms with Gasteiger partial charge in [-0.15, -0.1) is 0 Å². The minimum Gasteiger partial charge on any atom is -0.388 e. The van der Waals surface area contributed by atoms with Crippen molar-refractivity contribution in [3.05, 3.63) is 0 Å². The lowest BCUT2D eigenvalue weighted by Crippen LogP contribution is -2.50. The molecule has 0 radical (unpaired) electrons. The van der Waals surface area contributed by atoms with Crippen LogP contribution in [0.25, 0.3) is 0 Å². The molecule has 0 heterocycles. The van der Waals surface area contributed by atoms with Gasteiger partial charge in [0.05, 0.1) is 5.60 Å². The second-order valence-electron chi connectivity index (χ2n) is 5.79. The highest BCUT2D eigenvalue weighted by Gasteiger charge is 2.39. The van der Waals surface area contributed by atoms with E-state index >= 15 is 0 Å². The third kappa shape index (κ3) is 3.46. The highest BCUT2D eigenvalue weighted by Crippen LogP contribution is 2.37. The van der Waals surface area contributed by atoms with Gasteiger partial charge in [-0.05, 0) is 30.7 Å². The molecule has 0 aromatic carbocycles. The molecule has 0 aromatic heterocycles. The van der Waals surface area contributed by atoms with Gasteiger partial charge in [-0.3, -0.25) is 0 Å². The molecule has 3 unspecified atom stereocenters. The Bertz CT molecular complexity index is 193. The number of hydrogen-bond acceptors (Lipinski definition) is 2. The summed E-state index contributed by atoms with van der Waals surface area (Å²) in [5.74, 6) is 1.74. The predicted octanol–water partition coefficient (Wildman–Crippen LogP) is 2.42. The number of aliphatic hydroxyl groups is 1. The fourth-order valence-corrected chi connectivity index (χ4v) is 2.56. The topological polar surface area (TPSA) is 32.3 Å². The van der Waals surface area contributed by atoms with Crippen molar-refractivity contribution in [3.63, 3.8) is 0 Å². The predicted molar refractivity (Wildman–Crippen MR) is 64.8 cm³/mol.